The van der Waals surface area contributed by atoms with Crippen LogP contribution in [0.5, 0.6) is 0 Å². The molecule has 1 rings (SSSR count). The fraction of sp³-hybridized carbons (Fsp3) is 0.533. The molecule has 1 aromatic carbocycles. The molecule has 0 aliphatic rings. The molecule has 0 amide bonds. The van der Waals surface area contributed by atoms with Crippen LogP contribution in [0, 0.1) is 13.8 Å². The molecule has 1 N–H and O–H groups in total. The largest absolute Gasteiger partial charge is 0.463 e. The van der Waals surface area contributed by atoms with Gasteiger partial charge in [0.2, 0.25) is 0 Å². The summed E-state index contributed by atoms with van der Waals surface area (Å²) in [6.45, 7) is 7.04. The molecule has 0 aliphatic carbocycles. The van der Waals surface area contributed by atoms with Crippen LogP contribution in [0.25, 0.3) is 0 Å². The number of esters is 1. The molecule has 0 saturated carbocycles. The molecule has 0 unspecified atom stereocenters. The zero-order chi connectivity index (χ0) is 14.4. The van der Waals surface area contributed by atoms with Crippen molar-refractivity contribution in [2.45, 2.75) is 26.8 Å². The van der Waals surface area contributed by atoms with Crippen LogP contribution >= 0.6 is 0 Å². The number of rotatable bonds is 6. The second-order valence-electron chi connectivity index (χ2n) is 5.10. The molecular formula is C15H24N2O2. The Kier molecular flexibility index (Phi) is 5.83. The highest BCUT2D eigenvalue weighted by Crippen LogP contribution is 2.20. The van der Waals surface area contributed by atoms with Crippen molar-refractivity contribution in [1.29, 1.82) is 0 Å². The van der Waals surface area contributed by atoms with Crippen molar-refractivity contribution in [2.24, 2.45) is 0 Å². The van der Waals surface area contributed by atoms with Crippen molar-refractivity contribution in [2.75, 3.05) is 32.6 Å². The molecule has 19 heavy (non-hydrogen) atoms. The lowest BCUT2D eigenvalue weighted by Gasteiger charge is -2.18. The van der Waals surface area contributed by atoms with Gasteiger partial charge in [-0.3, -0.25) is 0 Å². The number of carbonyl (C=O) groups is 1. The van der Waals surface area contributed by atoms with E-state index in [1.807, 2.05) is 58.0 Å². The minimum Gasteiger partial charge on any atom is -0.463 e. The quantitative estimate of drug-likeness (QED) is 0.800. The second kappa shape index (κ2) is 7.14. The Morgan fingerprint density at radius 2 is 1.89 bits per heavy atom. The normalized spacial score (nSPS) is 12.3. The van der Waals surface area contributed by atoms with Crippen molar-refractivity contribution in [3.05, 3.63) is 29.3 Å². The van der Waals surface area contributed by atoms with Crippen molar-refractivity contribution in [3.63, 3.8) is 0 Å². The molecule has 1 atom stereocenters. The van der Waals surface area contributed by atoms with Gasteiger partial charge in [0, 0.05) is 12.2 Å². The van der Waals surface area contributed by atoms with Crippen LogP contribution in [-0.2, 0) is 9.53 Å². The first kappa shape index (κ1) is 15.5. The predicted molar refractivity (Wildman–Crippen MR) is 78.5 cm³/mol. The zero-order valence-corrected chi connectivity index (χ0v) is 12.5. The summed E-state index contributed by atoms with van der Waals surface area (Å²) in [7, 11) is 3.90. The van der Waals surface area contributed by atoms with E-state index in [1.165, 1.54) is 0 Å². The Labute approximate surface area is 115 Å². The van der Waals surface area contributed by atoms with Gasteiger partial charge in [0.25, 0.3) is 0 Å². The summed E-state index contributed by atoms with van der Waals surface area (Å²) < 4.78 is 5.22. The summed E-state index contributed by atoms with van der Waals surface area (Å²) in [4.78, 5) is 13.8. The molecule has 0 spiro atoms. The minimum atomic E-state index is -0.345. The maximum atomic E-state index is 11.8. The van der Waals surface area contributed by atoms with Crippen molar-refractivity contribution < 1.29 is 9.53 Å². The third-order valence-corrected chi connectivity index (χ3v) is 2.98. The fourth-order valence-electron chi connectivity index (χ4n) is 1.77. The number of carbonyl (C=O) groups excluding carboxylic acids is 1. The molecule has 106 valence electrons. The van der Waals surface area contributed by atoms with Gasteiger partial charge in [0.1, 0.15) is 12.6 Å². The molecule has 1 aromatic rings. The Bertz CT molecular complexity index is 410. The zero-order valence-electron chi connectivity index (χ0n) is 12.5. The molecule has 0 aromatic heterocycles. The number of ether oxygens (including phenoxy) is 1. The molecule has 0 aliphatic heterocycles. The van der Waals surface area contributed by atoms with Gasteiger partial charge in [-0.05, 0) is 46.0 Å². The van der Waals surface area contributed by atoms with Crippen LogP contribution in [0.3, 0.4) is 0 Å². The van der Waals surface area contributed by atoms with Crippen molar-refractivity contribution in [3.8, 4) is 0 Å². The van der Waals surface area contributed by atoms with Crippen LogP contribution in [-0.4, -0.2) is 44.2 Å². The van der Waals surface area contributed by atoms with E-state index in [0.29, 0.717) is 6.61 Å². The molecule has 0 heterocycles. The van der Waals surface area contributed by atoms with Crippen LogP contribution in [0.15, 0.2) is 18.2 Å². The monoisotopic (exact) mass is 264 g/mol. The lowest BCUT2D eigenvalue weighted by Crippen LogP contribution is -2.31. The average molecular weight is 264 g/mol. The maximum absolute atomic E-state index is 11.8. The van der Waals surface area contributed by atoms with Gasteiger partial charge < -0.3 is 15.0 Å². The standard InChI is InChI=1S/C15H24N2O2/c1-11-7-6-8-12(2)14(11)16-13(3)15(18)19-10-9-17(4)5/h6-8,13,16H,9-10H2,1-5H3/t13-/m0/s1. The number of nitrogens with zero attached hydrogens (tertiary/aromatic N) is 1. The lowest BCUT2D eigenvalue weighted by molar-refractivity contribution is -0.144. The summed E-state index contributed by atoms with van der Waals surface area (Å²) in [5.41, 5.74) is 3.28. The SMILES string of the molecule is Cc1cccc(C)c1N[C@@H](C)C(=O)OCCN(C)C. The highest BCUT2D eigenvalue weighted by Gasteiger charge is 2.15. The number of likely N-dealkylation sites (N-methyl/N-ethyl adjacent to an activating group) is 1. The van der Waals surface area contributed by atoms with Gasteiger partial charge >= 0.3 is 5.97 Å². The van der Waals surface area contributed by atoms with E-state index < -0.39 is 0 Å². The highest BCUT2D eigenvalue weighted by atomic mass is 16.5. The summed E-state index contributed by atoms with van der Waals surface area (Å²) in [5.74, 6) is -0.218. The summed E-state index contributed by atoms with van der Waals surface area (Å²) >= 11 is 0. The number of anilines is 1. The van der Waals surface area contributed by atoms with Crippen molar-refractivity contribution in [1.82, 2.24) is 4.90 Å². The Morgan fingerprint density at radius 3 is 2.42 bits per heavy atom. The molecule has 0 fully saturated rings. The van der Waals surface area contributed by atoms with Crippen LogP contribution in [0.4, 0.5) is 5.69 Å². The first-order chi connectivity index (χ1) is 8.91. The van der Waals surface area contributed by atoms with Gasteiger partial charge in [0.15, 0.2) is 0 Å². The number of nitrogens with one attached hydrogen (secondary N) is 1. The van der Waals surface area contributed by atoms with E-state index in [0.717, 1.165) is 23.4 Å². The van der Waals surface area contributed by atoms with Gasteiger partial charge in [-0.15, -0.1) is 0 Å². The van der Waals surface area contributed by atoms with E-state index in [9.17, 15) is 4.79 Å². The Hall–Kier alpha value is -1.55. The van der Waals surface area contributed by atoms with E-state index in [1.54, 1.807) is 0 Å². The van der Waals surface area contributed by atoms with E-state index in [-0.39, 0.29) is 12.0 Å². The van der Waals surface area contributed by atoms with Gasteiger partial charge in [0.05, 0.1) is 0 Å². The first-order valence-corrected chi connectivity index (χ1v) is 6.56. The fourth-order valence-corrected chi connectivity index (χ4v) is 1.77. The number of hydrogen-bond donors (Lipinski definition) is 1. The Balaban J connectivity index is 2.54. The van der Waals surface area contributed by atoms with E-state index in [4.69, 9.17) is 4.74 Å². The number of benzene rings is 1. The summed E-state index contributed by atoms with van der Waals surface area (Å²) in [6.07, 6.45) is 0. The minimum absolute atomic E-state index is 0.218. The van der Waals surface area contributed by atoms with E-state index >= 15 is 0 Å². The average Bonchev–Trinajstić information content (AvgIpc) is 2.33. The van der Waals surface area contributed by atoms with Gasteiger partial charge in [-0.2, -0.15) is 0 Å². The van der Waals surface area contributed by atoms with E-state index in [2.05, 4.69) is 5.32 Å². The third-order valence-electron chi connectivity index (χ3n) is 2.98. The number of aryl methyl sites for hydroxylation is 2. The molecular weight excluding hydrogens is 240 g/mol. The molecule has 0 radical (unpaired) electrons. The second-order valence-corrected chi connectivity index (χ2v) is 5.10. The number of para-hydroxylation sites is 1. The third kappa shape index (κ3) is 4.91. The van der Waals surface area contributed by atoms with Crippen molar-refractivity contribution >= 4 is 11.7 Å². The first-order valence-electron chi connectivity index (χ1n) is 6.56. The Morgan fingerprint density at radius 1 is 1.32 bits per heavy atom. The topological polar surface area (TPSA) is 41.6 Å². The molecule has 0 bridgehead atoms. The number of hydrogen-bond acceptors (Lipinski definition) is 4. The summed E-state index contributed by atoms with van der Waals surface area (Å²) in [5, 5.41) is 3.23. The molecule has 0 saturated heterocycles. The van der Waals surface area contributed by atoms with Crippen LogP contribution in [0.1, 0.15) is 18.1 Å². The summed E-state index contributed by atoms with van der Waals surface area (Å²) in [6, 6.07) is 5.72. The van der Waals surface area contributed by atoms with Gasteiger partial charge in [-0.1, -0.05) is 18.2 Å². The van der Waals surface area contributed by atoms with Gasteiger partial charge in [-0.25, -0.2) is 4.79 Å². The molecule has 4 heteroatoms. The van der Waals surface area contributed by atoms with Crippen LogP contribution in [0.2, 0.25) is 0 Å². The lowest BCUT2D eigenvalue weighted by atomic mass is 10.1. The molecule has 4 nitrogen and oxygen atoms in total. The predicted octanol–water partition coefficient (Wildman–Crippen LogP) is 2.21. The van der Waals surface area contributed by atoms with Crippen LogP contribution < -0.4 is 5.32 Å². The smallest absolute Gasteiger partial charge is 0.328 e. The highest BCUT2D eigenvalue weighted by molar-refractivity contribution is 5.79. The maximum Gasteiger partial charge on any atom is 0.328 e.